The molecular formula is C29H30N6O2. The van der Waals surface area contributed by atoms with E-state index in [1.54, 1.807) is 29.5 Å². The van der Waals surface area contributed by atoms with Crippen LogP contribution in [-0.2, 0) is 17.6 Å². The third-order valence-electron chi connectivity index (χ3n) is 6.55. The van der Waals surface area contributed by atoms with Crippen LogP contribution in [0.25, 0.3) is 11.3 Å². The van der Waals surface area contributed by atoms with Crippen molar-refractivity contribution >= 4 is 6.34 Å². The smallest absolute Gasteiger partial charge is 0.276 e. The van der Waals surface area contributed by atoms with Crippen LogP contribution in [0.1, 0.15) is 67.2 Å². The molecule has 2 aliphatic rings. The van der Waals surface area contributed by atoms with E-state index in [0.717, 1.165) is 59.8 Å². The van der Waals surface area contributed by atoms with Crippen LogP contribution in [0.4, 0.5) is 0 Å². The number of ether oxygens (including phenoxy) is 1. The van der Waals surface area contributed by atoms with Gasteiger partial charge in [-0.25, -0.2) is 14.7 Å². The number of pyridine rings is 1. The molecule has 1 aliphatic heterocycles. The second-order valence-electron chi connectivity index (χ2n) is 9.31. The lowest BCUT2D eigenvalue weighted by atomic mass is 10.0. The molecule has 0 atom stereocenters. The Hall–Kier alpha value is -4.25. The maximum absolute atomic E-state index is 14.1. The first kappa shape index (κ1) is 24.4. The zero-order chi connectivity index (χ0) is 25.8. The van der Waals surface area contributed by atoms with Gasteiger partial charge in [-0.05, 0) is 43.9 Å². The predicted molar refractivity (Wildman–Crippen MR) is 143 cm³/mol. The van der Waals surface area contributed by atoms with E-state index in [4.69, 9.17) is 9.72 Å². The van der Waals surface area contributed by atoms with Gasteiger partial charge < -0.3 is 4.74 Å². The van der Waals surface area contributed by atoms with Gasteiger partial charge in [0.15, 0.2) is 0 Å². The van der Waals surface area contributed by atoms with Crippen molar-refractivity contribution in [3.63, 3.8) is 0 Å². The van der Waals surface area contributed by atoms with Crippen molar-refractivity contribution in [2.45, 2.75) is 51.9 Å². The summed E-state index contributed by atoms with van der Waals surface area (Å²) < 4.78 is 7.39. The predicted octanol–water partition coefficient (Wildman–Crippen LogP) is 4.46. The quantitative estimate of drug-likeness (QED) is 0.436. The first-order valence-corrected chi connectivity index (χ1v) is 12.8. The Morgan fingerprint density at radius 2 is 2.00 bits per heavy atom. The molecule has 1 fully saturated rings. The third-order valence-corrected chi connectivity index (χ3v) is 6.55. The number of nitrogens with zero attached hydrogens (tertiary/aromatic N) is 6. The van der Waals surface area contributed by atoms with Gasteiger partial charge in [-0.1, -0.05) is 37.6 Å². The van der Waals surface area contributed by atoms with Crippen LogP contribution in [0.5, 0.6) is 0 Å². The minimum absolute atomic E-state index is 0.0662. The second-order valence-corrected chi connectivity index (χ2v) is 9.31. The summed E-state index contributed by atoms with van der Waals surface area (Å²) in [4.78, 5) is 28.1. The summed E-state index contributed by atoms with van der Waals surface area (Å²) >= 11 is 0. The van der Waals surface area contributed by atoms with Gasteiger partial charge in [-0.3, -0.25) is 14.8 Å². The van der Waals surface area contributed by atoms with Crippen LogP contribution in [0.15, 0.2) is 64.3 Å². The molecule has 0 bridgehead atoms. The van der Waals surface area contributed by atoms with Crippen LogP contribution in [-0.4, -0.2) is 34.1 Å². The highest BCUT2D eigenvalue weighted by atomic mass is 16.5. The molecule has 37 heavy (non-hydrogen) atoms. The van der Waals surface area contributed by atoms with Crippen LogP contribution < -0.4 is 10.6 Å². The van der Waals surface area contributed by atoms with Crippen LogP contribution in [0.2, 0.25) is 0 Å². The molecule has 8 heteroatoms. The van der Waals surface area contributed by atoms with Crippen molar-refractivity contribution in [2.75, 3.05) is 18.2 Å². The topological polar surface area (TPSA) is 96.4 Å². The van der Waals surface area contributed by atoms with Crippen LogP contribution >= 0.6 is 0 Å². The highest BCUT2D eigenvalue weighted by molar-refractivity contribution is 5.70. The number of aryl methyl sites for hydroxylation is 1. The van der Waals surface area contributed by atoms with Crippen LogP contribution in [0.3, 0.4) is 0 Å². The Morgan fingerprint density at radius 1 is 1.16 bits per heavy atom. The Bertz CT molecular complexity index is 1440. The highest BCUT2D eigenvalue weighted by Crippen LogP contribution is 2.39. The van der Waals surface area contributed by atoms with Gasteiger partial charge in [0, 0.05) is 29.7 Å². The van der Waals surface area contributed by atoms with Gasteiger partial charge in [-0.15, -0.1) is 0 Å². The molecule has 3 heterocycles. The van der Waals surface area contributed by atoms with E-state index in [9.17, 15) is 10.1 Å². The van der Waals surface area contributed by atoms with Crippen LogP contribution in [0, 0.1) is 11.3 Å². The number of nitriles is 1. The molecule has 5 rings (SSSR count). The molecule has 188 valence electrons. The first-order chi connectivity index (χ1) is 18.1. The molecule has 0 unspecified atom stereocenters. The van der Waals surface area contributed by atoms with Gasteiger partial charge in [0.05, 0.1) is 35.8 Å². The minimum Gasteiger partial charge on any atom is -0.495 e. The normalized spacial score (nSPS) is 14.8. The number of hydrogen-bond acceptors (Lipinski definition) is 7. The third kappa shape index (κ3) is 5.17. The van der Waals surface area contributed by atoms with Gasteiger partial charge in [0.25, 0.3) is 5.56 Å². The largest absolute Gasteiger partial charge is 0.495 e. The Kier molecular flexibility index (Phi) is 7.13. The monoisotopic (exact) mass is 494 g/mol. The number of hydrogen-bond donors (Lipinski definition) is 0. The lowest BCUT2D eigenvalue weighted by molar-refractivity contribution is 0.222. The van der Waals surface area contributed by atoms with Crippen molar-refractivity contribution in [2.24, 2.45) is 4.99 Å². The van der Waals surface area contributed by atoms with Crippen molar-refractivity contribution in [3.8, 4) is 17.3 Å². The van der Waals surface area contributed by atoms with Crippen molar-refractivity contribution in [1.82, 2.24) is 14.6 Å². The average molecular weight is 495 g/mol. The number of rotatable bonds is 9. The molecule has 1 aliphatic carbocycles. The lowest BCUT2D eigenvalue weighted by Gasteiger charge is -2.28. The molecule has 0 amide bonds. The lowest BCUT2D eigenvalue weighted by Crippen LogP contribution is -2.47. The van der Waals surface area contributed by atoms with E-state index in [2.05, 4.69) is 23.0 Å². The average Bonchev–Trinajstić information content (AvgIpc) is 3.77. The zero-order valence-electron chi connectivity index (χ0n) is 21.2. The van der Waals surface area contributed by atoms with E-state index < -0.39 is 0 Å². The van der Waals surface area contributed by atoms with E-state index in [1.165, 1.54) is 0 Å². The van der Waals surface area contributed by atoms with Gasteiger partial charge >= 0.3 is 0 Å². The van der Waals surface area contributed by atoms with E-state index in [-0.39, 0.29) is 11.5 Å². The number of aliphatic imine (C=N–C) groups is 1. The summed E-state index contributed by atoms with van der Waals surface area (Å²) in [6.07, 6.45) is 9.29. The number of aromatic nitrogens is 3. The van der Waals surface area contributed by atoms with Gasteiger partial charge in [0.1, 0.15) is 24.5 Å². The molecule has 1 aromatic carbocycles. The molecule has 2 aromatic heterocycles. The first-order valence-electron chi connectivity index (χ1n) is 12.8. The Labute approximate surface area is 216 Å². The molecule has 0 radical (unpaired) electrons. The van der Waals surface area contributed by atoms with Gasteiger partial charge in [0.2, 0.25) is 0 Å². The molecule has 1 saturated carbocycles. The molecule has 3 aromatic rings. The number of benzene rings is 1. The Morgan fingerprint density at radius 3 is 2.70 bits per heavy atom. The fourth-order valence-electron chi connectivity index (χ4n) is 4.61. The summed E-state index contributed by atoms with van der Waals surface area (Å²) in [6.45, 7) is 5.01. The van der Waals surface area contributed by atoms with E-state index >= 15 is 0 Å². The SMILES string of the molecule is CCCc1nc(C2CC2)n(N2C=NC=C(OCC)C2)c(=O)c1Cc1ccc(-c2ccccc2C#N)nc1. The fraction of sp³-hybridized carbons (Fsp3) is 0.345. The summed E-state index contributed by atoms with van der Waals surface area (Å²) in [7, 11) is 0. The summed E-state index contributed by atoms with van der Waals surface area (Å²) in [5.41, 5.74) is 4.50. The Balaban J connectivity index is 1.52. The van der Waals surface area contributed by atoms with E-state index in [0.29, 0.717) is 30.7 Å². The van der Waals surface area contributed by atoms with Crippen molar-refractivity contribution < 1.29 is 4.74 Å². The minimum atomic E-state index is -0.0662. The fourth-order valence-corrected chi connectivity index (χ4v) is 4.61. The van der Waals surface area contributed by atoms with E-state index in [1.807, 2.05) is 42.3 Å². The summed E-state index contributed by atoms with van der Waals surface area (Å²) in [6, 6.07) is 13.5. The second kappa shape index (κ2) is 10.8. The maximum atomic E-state index is 14.1. The molecule has 0 N–H and O–H groups in total. The maximum Gasteiger partial charge on any atom is 0.276 e. The zero-order valence-corrected chi connectivity index (χ0v) is 21.2. The summed E-state index contributed by atoms with van der Waals surface area (Å²) in [5, 5.41) is 11.3. The standard InChI is InChI=1S/C29H30N6O2/c1-3-7-27-25(14-20-10-13-26(32-16-20)24-9-6-5-8-22(24)15-30)29(36)35(28(33-27)21-11-12-21)34-18-23(37-4-2)17-31-19-34/h5-6,8-10,13,16-17,19,21H,3-4,7,11-12,14,18H2,1-2H3. The summed E-state index contributed by atoms with van der Waals surface area (Å²) in [5.74, 6) is 1.81. The van der Waals surface area contributed by atoms with Crippen molar-refractivity contribution in [3.05, 3.63) is 93.1 Å². The molecule has 0 spiro atoms. The van der Waals surface area contributed by atoms with Crippen molar-refractivity contribution in [1.29, 1.82) is 5.26 Å². The van der Waals surface area contributed by atoms with Gasteiger partial charge in [-0.2, -0.15) is 5.26 Å². The highest BCUT2D eigenvalue weighted by Gasteiger charge is 2.32. The molecule has 8 nitrogen and oxygen atoms in total. The molecule has 0 saturated heterocycles. The molecular weight excluding hydrogens is 464 g/mol.